The van der Waals surface area contributed by atoms with Crippen LogP contribution in [0.1, 0.15) is 23.0 Å². The summed E-state index contributed by atoms with van der Waals surface area (Å²) in [7, 11) is 0. The monoisotopic (exact) mass is 371 g/mol. The fourth-order valence-corrected chi connectivity index (χ4v) is 3.14. The third kappa shape index (κ3) is 3.32. The minimum Gasteiger partial charge on any atom is -0.319 e. The van der Waals surface area contributed by atoms with E-state index in [1.54, 1.807) is 17.1 Å². The SMILES string of the molecule is CCn1ncc(NC(=O)c2cn(-c3ccccc3)nc2-c2ccccc2)c1C. The Labute approximate surface area is 163 Å². The van der Waals surface area contributed by atoms with E-state index in [-0.39, 0.29) is 5.91 Å². The summed E-state index contributed by atoms with van der Waals surface area (Å²) in [5.74, 6) is -0.209. The van der Waals surface area contributed by atoms with E-state index in [9.17, 15) is 4.79 Å². The number of hydrogen-bond donors (Lipinski definition) is 1. The van der Waals surface area contributed by atoms with E-state index in [0.29, 0.717) is 16.9 Å². The largest absolute Gasteiger partial charge is 0.319 e. The summed E-state index contributed by atoms with van der Waals surface area (Å²) in [5.41, 5.74) is 4.57. The highest BCUT2D eigenvalue weighted by atomic mass is 16.1. The molecule has 4 rings (SSSR count). The maximum absolute atomic E-state index is 13.1. The summed E-state index contributed by atoms with van der Waals surface area (Å²) in [5, 5.41) is 12.0. The van der Waals surface area contributed by atoms with Gasteiger partial charge in [-0.2, -0.15) is 10.2 Å². The lowest BCUT2D eigenvalue weighted by molar-refractivity contribution is 0.102. The molecule has 0 atom stereocenters. The van der Waals surface area contributed by atoms with Crippen LogP contribution < -0.4 is 5.32 Å². The number of rotatable bonds is 5. The molecule has 0 aliphatic heterocycles. The predicted octanol–water partition coefficient (Wildman–Crippen LogP) is 4.32. The molecule has 0 aliphatic rings. The molecule has 28 heavy (non-hydrogen) atoms. The van der Waals surface area contributed by atoms with E-state index in [1.165, 1.54) is 0 Å². The van der Waals surface area contributed by atoms with Crippen molar-refractivity contribution in [3.05, 3.63) is 84.3 Å². The fourth-order valence-electron chi connectivity index (χ4n) is 3.14. The lowest BCUT2D eigenvalue weighted by Crippen LogP contribution is -2.13. The van der Waals surface area contributed by atoms with Gasteiger partial charge >= 0.3 is 0 Å². The molecule has 0 bridgehead atoms. The highest BCUT2D eigenvalue weighted by Gasteiger charge is 2.20. The number of benzene rings is 2. The van der Waals surface area contributed by atoms with Crippen LogP contribution in [0.4, 0.5) is 5.69 Å². The first-order chi connectivity index (χ1) is 13.7. The zero-order chi connectivity index (χ0) is 19.5. The number of amides is 1. The van der Waals surface area contributed by atoms with Crippen molar-refractivity contribution in [1.82, 2.24) is 19.6 Å². The third-order valence-electron chi connectivity index (χ3n) is 4.68. The quantitative estimate of drug-likeness (QED) is 0.568. The topological polar surface area (TPSA) is 64.7 Å². The maximum Gasteiger partial charge on any atom is 0.259 e. The van der Waals surface area contributed by atoms with Gasteiger partial charge in [0.2, 0.25) is 0 Å². The molecule has 0 saturated heterocycles. The van der Waals surface area contributed by atoms with Crippen molar-refractivity contribution < 1.29 is 4.79 Å². The highest BCUT2D eigenvalue weighted by Crippen LogP contribution is 2.25. The number of hydrogen-bond acceptors (Lipinski definition) is 3. The van der Waals surface area contributed by atoms with E-state index in [2.05, 4.69) is 10.4 Å². The van der Waals surface area contributed by atoms with Crippen LogP contribution in [0.5, 0.6) is 0 Å². The van der Waals surface area contributed by atoms with Crippen LogP contribution in [-0.2, 0) is 6.54 Å². The molecule has 1 N–H and O–H groups in total. The van der Waals surface area contributed by atoms with Crippen molar-refractivity contribution in [3.8, 4) is 16.9 Å². The zero-order valence-electron chi connectivity index (χ0n) is 15.8. The molecular formula is C22H21N5O. The van der Waals surface area contributed by atoms with Gasteiger partial charge < -0.3 is 5.32 Å². The van der Waals surface area contributed by atoms with Crippen molar-refractivity contribution in [2.45, 2.75) is 20.4 Å². The molecule has 0 radical (unpaired) electrons. The minimum atomic E-state index is -0.209. The number of carbonyl (C=O) groups is 1. The number of aromatic nitrogens is 4. The summed E-state index contributed by atoms with van der Waals surface area (Å²) < 4.78 is 3.58. The van der Waals surface area contributed by atoms with Crippen LogP contribution in [0.3, 0.4) is 0 Å². The first kappa shape index (κ1) is 17.7. The number of anilines is 1. The molecule has 0 saturated carbocycles. The van der Waals surface area contributed by atoms with Gasteiger partial charge in [0.1, 0.15) is 5.69 Å². The second-order valence-electron chi connectivity index (χ2n) is 6.45. The van der Waals surface area contributed by atoms with Crippen LogP contribution in [0.2, 0.25) is 0 Å². The first-order valence-corrected chi connectivity index (χ1v) is 9.21. The summed E-state index contributed by atoms with van der Waals surface area (Å²) in [6.45, 7) is 4.71. The molecule has 1 amide bonds. The van der Waals surface area contributed by atoms with Crippen molar-refractivity contribution in [2.75, 3.05) is 5.32 Å². The van der Waals surface area contributed by atoms with Crippen LogP contribution in [-0.4, -0.2) is 25.5 Å². The molecule has 4 aromatic rings. The van der Waals surface area contributed by atoms with Crippen molar-refractivity contribution in [3.63, 3.8) is 0 Å². The Hall–Kier alpha value is -3.67. The van der Waals surface area contributed by atoms with Gasteiger partial charge in [0.05, 0.1) is 28.8 Å². The van der Waals surface area contributed by atoms with Crippen LogP contribution in [0, 0.1) is 6.92 Å². The van der Waals surface area contributed by atoms with Gasteiger partial charge in [0.15, 0.2) is 0 Å². The Morgan fingerprint density at radius 2 is 1.71 bits per heavy atom. The summed E-state index contributed by atoms with van der Waals surface area (Å²) in [6, 6.07) is 19.5. The number of carbonyl (C=O) groups excluding carboxylic acids is 1. The standard InChI is InChI=1S/C22H21N5O/c1-3-26-16(2)20(14-23-26)24-22(28)19-15-27(18-12-8-5-9-13-18)25-21(19)17-10-6-4-7-11-17/h4-15H,3H2,1-2H3,(H,24,28). The molecule has 0 unspecified atom stereocenters. The molecule has 0 spiro atoms. The Bertz CT molecular complexity index is 1100. The fraction of sp³-hybridized carbons (Fsp3) is 0.136. The highest BCUT2D eigenvalue weighted by molar-refractivity contribution is 6.08. The Morgan fingerprint density at radius 1 is 1.04 bits per heavy atom. The normalized spacial score (nSPS) is 10.8. The van der Waals surface area contributed by atoms with Crippen LogP contribution >= 0.6 is 0 Å². The number of nitrogens with one attached hydrogen (secondary N) is 1. The van der Waals surface area contributed by atoms with Gasteiger partial charge in [-0.3, -0.25) is 9.48 Å². The maximum atomic E-state index is 13.1. The number of para-hydroxylation sites is 1. The molecule has 2 aromatic heterocycles. The summed E-state index contributed by atoms with van der Waals surface area (Å²) >= 11 is 0. The van der Waals surface area contributed by atoms with E-state index in [1.807, 2.05) is 79.2 Å². The number of aryl methyl sites for hydroxylation is 1. The lowest BCUT2D eigenvalue weighted by Gasteiger charge is -2.05. The van der Waals surface area contributed by atoms with Gasteiger partial charge in [-0.25, -0.2) is 4.68 Å². The van der Waals surface area contributed by atoms with Crippen LogP contribution in [0.15, 0.2) is 73.1 Å². The molecular weight excluding hydrogens is 350 g/mol. The van der Waals surface area contributed by atoms with E-state index in [0.717, 1.165) is 23.5 Å². The molecule has 6 nitrogen and oxygen atoms in total. The molecule has 2 heterocycles. The Morgan fingerprint density at radius 3 is 2.36 bits per heavy atom. The van der Waals surface area contributed by atoms with Gasteiger partial charge in [-0.1, -0.05) is 48.5 Å². The van der Waals surface area contributed by atoms with Gasteiger partial charge in [0.25, 0.3) is 5.91 Å². The Balaban J connectivity index is 1.75. The third-order valence-corrected chi connectivity index (χ3v) is 4.68. The predicted molar refractivity (Wildman–Crippen MR) is 110 cm³/mol. The van der Waals surface area contributed by atoms with Crippen molar-refractivity contribution in [1.29, 1.82) is 0 Å². The summed E-state index contributed by atoms with van der Waals surface area (Å²) in [4.78, 5) is 13.1. The van der Waals surface area contributed by atoms with Crippen LogP contribution in [0.25, 0.3) is 16.9 Å². The Kier molecular flexibility index (Phi) is 4.76. The van der Waals surface area contributed by atoms with Gasteiger partial charge in [-0.05, 0) is 26.0 Å². The summed E-state index contributed by atoms with van der Waals surface area (Å²) in [6.07, 6.45) is 3.45. The minimum absolute atomic E-state index is 0.209. The van der Waals surface area contributed by atoms with Crippen molar-refractivity contribution >= 4 is 11.6 Å². The second kappa shape index (κ2) is 7.52. The van der Waals surface area contributed by atoms with Crippen molar-refractivity contribution in [2.24, 2.45) is 0 Å². The number of nitrogens with zero attached hydrogens (tertiary/aromatic N) is 4. The molecule has 2 aromatic carbocycles. The lowest BCUT2D eigenvalue weighted by atomic mass is 10.1. The molecule has 0 fully saturated rings. The van der Waals surface area contributed by atoms with E-state index >= 15 is 0 Å². The zero-order valence-corrected chi connectivity index (χ0v) is 15.8. The first-order valence-electron chi connectivity index (χ1n) is 9.21. The second-order valence-corrected chi connectivity index (χ2v) is 6.45. The molecule has 0 aliphatic carbocycles. The van der Waals surface area contributed by atoms with Gasteiger partial charge in [0, 0.05) is 18.3 Å². The smallest absolute Gasteiger partial charge is 0.259 e. The molecule has 140 valence electrons. The molecule has 6 heteroatoms. The van der Waals surface area contributed by atoms with Gasteiger partial charge in [-0.15, -0.1) is 0 Å². The average Bonchev–Trinajstić information content (AvgIpc) is 3.34. The average molecular weight is 371 g/mol. The van der Waals surface area contributed by atoms with E-state index < -0.39 is 0 Å². The van der Waals surface area contributed by atoms with E-state index in [4.69, 9.17) is 5.10 Å².